The van der Waals surface area contributed by atoms with Crippen LogP contribution < -0.4 is 5.32 Å². The van der Waals surface area contributed by atoms with E-state index in [1.54, 1.807) is 6.08 Å². The molecule has 0 aromatic rings. The Morgan fingerprint density at radius 2 is 0.522 bits per heavy atom. The van der Waals surface area contributed by atoms with Gasteiger partial charge in [0.25, 0.3) is 0 Å². The minimum Gasteiger partial charge on any atom is -0.466 e. The largest absolute Gasteiger partial charge is 0.466 e. The van der Waals surface area contributed by atoms with Crippen LogP contribution in [-0.4, -0.2) is 47.4 Å². The molecule has 6 nitrogen and oxygen atoms in total. The quantitative estimate of drug-likeness (QED) is 0.0320. The standard InChI is InChI=1S/C84H163NO5/c1-3-5-7-9-11-13-15-17-19-21-23-24-25-31-34-37-41-44-48-52-56-60-64-68-72-76-82(87)81(80-86)85-83(88)77-73-69-65-61-57-53-49-45-42-38-35-32-29-27-26-28-30-33-36-39-43-47-51-55-59-63-67-71-75-79-90-84(89)78-74-70-66-62-58-54-50-46-40-22-20-18-16-14-12-10-8-6-4-2/h18,20,72,76,81-82,86-87H,3-17,19,21-71,73-75,77-80H2,1-2H3,(H,85,88)/b20-18-,76-72+. The summed E-state index contributed by atoms with van der Waals surface area (Å²) < 4.78 is 5.52. The Morgan fingerprint density at radius 1 is 0.300 bits per heavy atom. The zero-order valence-electron chi connectivity index (χ0n) is 61.4. The minimum absolute atomic E-state index is 0.0200. The fourth-order valence-electron chi connectivity index (χ4n) is 13.4. The van der Waals surface area contributed by atoms with E-state index in [2.05, 4.69) is 31.3 Å². The highest BCUT2D eigenvalue weighted by Gasteiger charge is 2.18. The molecule has 2 unspecified atom stereocenters. The van der Waals surface area contributed by atoms with Crippen LogP contribution in [0.1, 0.15) is 476 Å². The number of hydrogen-bond donors (Lipinski definition) is 3. The summed E-state index contributed by atoms with van der Waals surface area (Å²) in [6.45, 7) is 4.96. The number of hydrogen-bond acceptors (Lipinski definition) is 5. The summed E-state index contributed by atoms with van der Waals surface area (Å²) in [5, 5.41) is 23.3. The van der Waals surface area contributed by atoms with Crippen molar-refractivity contribution in [3.8, 4) is 0 Å². The second-order valence-corrected chi connectivity index (χ2v) is 28.8. The van der Waals surface area contributed by atoms with E-state index < -0.39 is 12.1 Å². The fourth-order valence-corrected chi connectivity index (χ4v) is 13.4. The van der Waals surface area contributed by atoms with Gasteiger partial charge in [0.15, 0.2) is 0 Å². The molecule has 90 heavy (non-hydrogen) atoms. The van der Waals surface area contributed by atoms with Crippen molar-refractivity contribution < 1.29 is 24.5 Å². The number of nitrogens with one attached hydrogen (secondary N) is 1. The maximum Gasteiger partial charge on any atom is 0.305 e. The van der Waals surface area contributed by atoms with Gasteiger partial charge in [0.05, 0.1) is 25.4 Å². The summed E-state index contributed by atoms with van der Waals surface area (Å²) in [6.07, 6.45) is 103. The number of allylic oxidation sites excluding steroid dienone is 3. The molecule has 0 aromatic carbocycles. The van der Waals surface area contributed by atoms with Crippen LogP contribution in [0.25, 0.3) is 0 Å². The first-order chi connectivity index (χ1) is 44.5. The predicted molar refractivity (Wildman–Crippen MR) is 398 cm³/mol. The maximum atomic E-state index is 12.6. The molecule has 0 bridgehead atoms. The number of unbranched alkanes of at least 4 members (excludes halogenated alkanes) is 66. The zero-order chi connectivity index (χ0) is 64.9. The molecule has 0 radical (unpaired) electrons. The van der Waals surface area contributed by atoms with Crippen molar-refractivity contribution in [1.29, 1.82) is 0 Å². The monoisotopic (exact) mass is 1270 g/mol. The molecule has 0 aliphatic rings. The van der Waals surface area contributed by atoms with Gasteiger partial charge in [0, 0.05) is 12.8 Å². The molecule has 0 aliphatic carbocycles. The Labute approximate surface area is 564 Å². The van der Waals surface area contributed by atoms with Crippen LogP contribution in [0.3, 0.4) is 0 Å². The Hall–Kier alpha value is -1.66. The lowest BCUT2D eigenvalue weighted by Gasteiger charge is -2.20. The van der Waals surface area contributed by atoms with Crippen LogP contribution in [0.15, 0.2) is 24.3 Å². The Morgan fingerprint density at radius 3 is 0.789 bits per heavy atom. The smallest absolute Gasteiger partial charge is 0.305 e. The topological polar surface area (TPSA) is 95.9 Å². The van der Waals surface area contributed by atoms with E-state index in [1.165, 1.54) is 411 Å². The molecule has 534 valence electrons. The Balaban J connectivity index is 3.35. The lowest BCUT2D eigenvalue weighted by Crippen LogP contribution is -2.45. The van der Waals surface area contributed by atoms with E-state index in [1.807, 2.05) is 6.08 Å². The molecule has 1 amide bonds. The van der Waals surface area contributed by atoms with Crippen molar-refractivity contribution in [3.63, 3.8) is 0 Å². The van der Waals surface area contributed by atoms with Crippen LogP contribution in [0.5, 0.6) is 0 Å². The first-order valence-corrected chi connectivity index (χ1v) is 41.6. The molecule has 0 rings (SSSR count). The molecule has 0 saturated carbocycles. The summed E-state index contributed by atoms with van der Waals surface area (Å²) in [7, 11) is 0. The average molecular weight is 1270 g/mol. The Kier molecular flexibility index (Phi) is 78.3. The number of rotatable bonds is 79. The van der Waals surface area contributed by atoms with Crippen molar-refractivity contribution in [1.82, 2.24) is 5.32 Å². The van der Waals surface area contributed by atoms with Crippen LogP contribution in [0.4, 0.5) is 0 Å². The van der Waals surface area contributed by atoms with Gasteiger partial charge in [0.2, 0.25) is 5.91 Å². The second kappa shape index (κ2) is 79.8. The Bertz CT molecular complexity index is 1410. The van der Waals surface area contributed by atoms with E-state index in [0.717, 1.165) is 38.5 Å². The highest BCUT2D eigenvalue weighted by Crippen LogP contribution is 2.20. The zero-order valence-corrected chi connectivity index (χ0v) is 61.4. The van der Waals surface area contributed by atoms with Gasteiger partial charge in [-0.25, -0.2) is 0 Å². The first kappa shape index (κ1) is 88.3. The lowest BCUT2D eigenvalue weighted by molar-refractivity contribution is -0.143. The number of carbonyl (C=O) groups excluding carboxylic acids is 2. The number of ether oxygens (including phenoxy) is 1. The number of esters is 1. The van der Waals surface area contributed by atoms with E-state index in [0.29, 0.717) is 19.4 Å². The molecular formula is C84H163NO5. The fraction of sp³-hybridized carbons (Fsp3) is 0.929. The molecule has 0 saturated heterocycles. The molecule has 0 aromatic heterocycles. The molecular weight excluding hydrogens is 1100 g/mol. The van der Waals surface area contributed by atoms with Crippen molar-refractivity contribution in [2.45, 2.75) is 488 Å². The van der Waals surface area contributed by atoms with E-state index in [4.69, 9.17) is 4.74 Å². The molecule has 0 heterocycles. The normalized spacial score (nSPS) is 12.5. The number of amides is 1. The first-order valence-electron chi connectivity index (χ1n) is 41.6. The van der Waals surface area contributed by atoms with Crippen LogP contribution >= 0.6 is 0 Å². The molecule has 0 spiro atoms. The van der Waals surface area contributed by atoms with Crippen molar-refractivity contribution in [2.24, 2.45) is 0 Å². The number of carbonyl (C=O) groups is 2. The summed E-state index contributed by atoms with van der Waals surface area (Å²) in [5.41, 5.74) is 0. The average Bonchev–Trinajstić information content (AvgIpc) is 3.69. The SMILES string of the molecule is CCCCCCCC/C=C\CCCCCCCCCCCC(=O)OCCCCCCCCCCCCCCCCCCCCCCCCCCCCCCCC(=O)NC(CO)C(O)/C=C/CCCCCCCCCCCCCCCCCCCCCCCCC. The highest BCUT2D eigenvalue weighted by atomic mass is 16.5. The number of aliphatic hydroxyl groups is 2. The van der Waals surface area contributed by atoms with Crippen molar-refractivity contribution >= 4 is 11.9 Å². The van der Waals surface area contributed by atoms with E-state index >= 15 is 0 Å². The van der Waals surface area contributed by atoms with Crippen LogP contribution in [0.2, 0.25) is 0 Å². The van der Waals surface area contributed by atoms with Gasteiger partial charge in [0.1, 0.15) is 0 Å². The summed E-state index contributed by atoms with van der Waals surface area (Å²) in [6, 6.07) is -0.627. The third-order valence-electron chi connectivity index (χ3n) is 19.7. The third kappa shape index (κ3) is 75.4. The van der Waals surface area contributed by atoms with Crippen LogP contribution in [-0.2, 0) is 14.3 Å². The van der Waals surface area contributed by atoms with Gasteiger partial charge in [-0.1, -0.05) is 430 Å². The van der Waals surface area contributed by atoms with Gasteiger partial charge in [-0.2, -0.15) is 0 Å². The summed E-state index contributed by atoms with van der Waals surface area (Å²) in [5.74, 6) is -0.0386. The molecule has 3 N–H and O–H groups in total. The van der Waals surface area contributed by atoms with Gasteiger partial charge in [-0.3, -0.25) is 9.59 Å². The minimum atomic E-state index is -0.844. The molecule has 2 atom stereocenters. The van der Waals surface area contributed by atoms with E-state index in [-0.39, 0.29) is 18.5 Å². The molecule has 0 aliphatic heterocycles. The van der Waals surface area contributed by atoms with Gasteiger partial charge < -0.3 is 20.3 Å². The molecule has 6 heteroatoms. The number of aliphatic hydroxyl groups excluding tert-OH is 2. The summed E-state index contributed by atoms with van der Waals surface area (Å²) in [4.78, 5) is 24.7. The van der Waals surface area contributed by atoms with E-state index in [9.17, 15) is 19.8 Å². The third-order valence-corrected chi connectivity index (χ3v) is 19.7. The maximum absolute atomic E-state index is 12.6. The van der Waals surface area contributed by atoms with Crippen molar-refractivity contribution in [3.05, 3.63) is 24.3 Å². The highest BCUT2D eigenvalue weighted by molar-refractivity contribution is 5.76. The van der Waals surface area contributed by atoms with Crippen molar-refractivity contribution in [2.75, 3.05) is 13.2 Å². The second-order valence-electron chi connectivity index (χ2n) is 28.8. The van der Waals surface area contributed by atoms with Gasteiger partial charge >= 0.3 is 5.97 Å². The predicted octanol–water partition coefficient (Wildman–Crippen LogP) is 27.6. The summed E-state index contributed by atoms with van der Waals surface area (Å²) >= 11 is 0. The van der Waals surface area contributed by atoms with Gasteiger partial charge in [-0.05, 0) is 57.8 Å². The van der Waals surface area contributed by atoms with Crippen LogP contribution in [0, 0.1) is 0 Å². The molecule has 0 fully saturated rings. The lowest BCUT2D eigenvalue weighted by atomic mass is 10.0. The van der Waals surface area contributed by atoms with Gasteiger partial charge in [-0.15, -0.1) is 0 Å².